The third-order valence-corrected chi connectivity index (χ3v) is 5.60. The highest BCUT2D eigenvalue weighted by atomic mass is 16.5. The van der Waals surface area contributed by atoms with E-state index in [1.165, 1.54) is 0 Å². The van der Waals surface area contributed by atoms with Crippen LogP contribution in [0.1, 0.15) is 21.7 Å². The second kappa shape index (κ2) is 9.75. The van der Waals surface area contributed by atoms with Gasteiger partial charge in [-0.1, -0.05) is 18.2 Å². The van der Waals surface area contributed by atoms with Crippen molar-refractivity contribution in [2.75, 3.05) is 27.4 Å². The number of amides is 1. The molecule has 0 unspecified atom stereocenters. The number of carbonyl (C=O) groups is 1. The normalized spacial score (nSPS) is 10.9. The molecule has 4 aromatic rings. The predicted molar refractivity (Wildman–Crippen MR) is 127 cm³/mol. The molecule has 0 atom stereocenters. The minimum Gasteiger partial charge on any atom is -0.497 e. The Morgan fingerprint density at radius 3 is 2.52 bits per heavy atom. The van der Waals surface area contributed by atoms with Gasteiger partial charge in [0, 0.05) is 36.0 Å². The van der Waals surface area contributed by atoms with Gasteiger partial charge < -0.3 is 19.5 Å². The second-order valence-electron chi connectivity index (χ2n) is 7.66. The van der Waals surface area contributed by atoms with Crippen molar-refractivity contribution in [3.05, 3.63) is 83.7 Å². The maximum absolute atomic E-state index is 13.4. The van der Waals surface area contributed by atoms with Crippen molar-refractivity contribution < 1.29 is 19.4 Å². The minimum atomic E-state index is -0.185. The van der Waals surface area contributed by atoms with Crippen LogP contribution in [0.2, 0.25) is 0 Å². The maximum atomic E-state index is 13.4. The first kappa shape index (κ1) is 22.4. The zero-order valence-electron chi connectivity index (χ0n) is 19.0. The van der Waals surface area contributed by atoms with Crippen molar-refractivity contribution in [2.24, 2.45) is 0 Å². The molecular formula is C26H27N3O4. The summed E-state index contributed by atoms with van der Waals surface area (Å²) in [5.74, 6) is 1.95. The lowest BCUT2D eigenvalue weighted by Crippen LogP contribution is -2.33. The van der Waals surface area contributed by atoms with E-state index >= 15 is 0 Å². The molecule has 0 saturated heterocycles. The first-order valence-electron chi connectivity index (χ1n) is 10.7. The fourth-order valence-corrected chi connectivity index (χ4v) is 3.98. The number of aryl methyl sites for hydroxylation is 1. The molecule has 0 bridgehead atoms. The Labute approximate surface area is 192 Å². The Morgan fingerprint density at radius 2 is 1.82 bits per heavy atom. The largest absolute Gasteiger partial charge is 0.497 e. The summed E-state index contributed by atoms with van der Waals surface area (Å²) in [5.41, 5.74) is 4.03. The van der Waals surface area contributed by atoms with E-state index in [4.69, 9.17) is 9.47 Å². The summed E-state index contributed by atoms with van der Waals surface area (Å²) in [7, 11) is 3.17. The molecule has 0 aliphatic heterocycles. The van der Waals surface area contributed by atoms with Gasteiger partial charge in [0.15, 0.2) is 0 Å². The lowest BCUT2D eigenvalue weighted by molar-refractivity contribution is 0.0706. The zero-order chi connectivity index (χ0) is 23.4. The molecule has 0 aliphatic rings. The maximum Gasteiger partial charge on any atom is 0.254 e. The Hall–Kier alpha value is -3.84. The van der Waals surface area contributed by atoms with Gasteiger partial charge in [-0.05, 0) is 49.4 Å². The zero-order valence-corrected chi connectivity index (χ0v) is 19.0. The van der Waals surface area contributed by atoms with Crippen LogP contribution < -0.4 is 9.47 Å². The average Bonchev–Trinajstić information content (AvgIpc) is 3.18. The Bertz CT molecular complexity index is 1270. The van der Waals surface area contributed by atoms with Crippen LogP contribution in [0.15, 0.2) is 66.7 Å². The third-order valence-electron chi connectivity index (χ3n) is 5.60. The lowest BCUT2D eigenvalue weighted by atomic mass is 10.1. The van der Waals surface area contributed by atoms with Gasteiger partial charge in [0.2, 0.25) is 0 Å². The second-order valence-corrected chi connectivity index (χ2v) is 7.66. The van der Waals surface area contributed by atoms with Crippen LogP contribution >= 0.6 is 0 Å². The number of aliphatic hydroxyl groups excluding tert-OH is 1. The molecule has 1 amide bonds. The molecule has 1 aromatic heterocycles. The first-order valence-corrected chi connectivity index (χ1v) is 10.7. The van der Waals surface area contributed by atoms with Gasteiger partial charge in [0.25, 0.3) is 5.91 Å². The quantitative estimate of drug-likeness (QED) is 0.444. The number of ether oxygens (including phenoxy) is 2. The number of hydrogen-bond acceptors (Lipinski definition) is 5. The van der Waals surface area contributed by atoms with E-state index in [1.807, 2.05) is 55.5 Å². The number of rotatable bonds is 8. The topological polar surface area (TPSA) is 76.8 Å². The Balaban J connectivity index is 1.66. The first-order chi connectivity index (χ1) is 16.0. The smallest absolute Gasteiger partial charge is 0.254 e. The number of aromatic nitrogens is 2. The van der Waals surface area contributed by atoms with E-state index in [0.717, 1.165) is 28.1 Å². The SMILES string of the molecule is COc1ccc(CN(CCO)C(=O)c2ccc3c(c2)nc(C)n3-c2ccccc2)c(OC)c1. The number of aliphatic hydroxyl groups is 1. The van der Waals surface area contributed by atoms with E-state index in [9.17, 15) is 9.90 Å². The fraction of sp³-hybridized carbons (Fsp3) is 0.231. The van der Waals surface area contributed by atoms with Crippen LogP contribution in [-0.2, 0) is 6.54 Å². The molecule has 170 valence electrons. The van der Waals surface area contributed by atoms with Gasteiger partial charge in [-0.2, -0.15) is 0 Å². The van der Waals surface area contributed by atoms with E-state index in [1.54, 1.807) is 37.3 Å². The van der Waals surface area contributed by atoms with Gasteiger partial charge in [0.1, 0.15) is 17.3 Å². The highest BCUT2D eigenvalue weighted by Crippen LogP contribution is 2.27. The predicted octanol–water partition coefficient (Wildman–Crippen LogP) is 3.99. The van der Waals surface area contributed by atoms with Gasteiger partial charge in [0.05, 0.1) is 31.9 Å². The molecule has 4 rings (SSSR count). The lowest BCUT2D eigenvalue weighted by Gasteiger charge is -2.23. The van der Waals surface area contributed by atoms with Gasteiger partial charge in [-0.3, -0.25) is 9.36 Å². The van der Waals surface area contributed by atoms with E-state index in [-0.39, 0.29) is 19.1 Å². The number of nitrogens with zero attached hydrogens (tertiary/aromatic N) is 3. The van der Waals surface area contributed by atoms with Gasteiger partial charge in [-0.15, -0.1) is 0 Å². The summed E-state index contributed by atoms with van der Waals surface area (Å²) in [6.07, 6.45) is 0. The molecular weight excluding hydrogens is 418 g/mol. The van der Waals surface area contributed by atoms with Crippen molar-refractivity contribution in [1.82, 2.24) is 14.5 Å². The van der Waals surface area contributed by atoms with Crippen molar-refractivity contribution in [1.29, 1.82) is 0 Å². The molecule has 1 heterocycles. The summed E-state index contributed by atoms with van der Waals surface area (Å²) < 4.78 is 12.8. The number of carbonyl (C=O) groups excluding carboxylic acids is 1. The number of para-hydroxylation sites is 1. The standard InChI is InChI=1S/C26H27N3O4/c1-18-27-23-15-19(10-12-24(23)29(18)21-7-5-4-6-8-21)26(31)28(13-14-30)17-20-9-11-22(32-2)16-25(20)33-3/h4-12,15-16,30H,13-14,17H2,1-3H3. The number of hydrogen-bond donors (Lipinski definition) is 1. The van der Waals surface area contributed by atoms with Crippen LogP contribution in [0.4, 0.5) is 0 Å². The Kier molecular flexibility index (Phi) is 6.60. The molecule has 0 spiro atoms. The van der Waals surface area contributed by atoms with Gasteiger partial charge in [-0.25, -0.2) is 4.98 Å². The molecule has 0 saturated carbocycles. The fourth-order valence-electron chi connectivity index (χ4n) is 3.98. The summed E-state index contributed by atoms with van der Waals surface area (Å²) in [5, 5.41) is 9.60. The summed E-state index contributed by atoms with van der Waals surface area (Å²) in [4.78, 5) is 19.7. The molecule has 3 aromatic carbocycles. The summed E-state index contributed by atoms with van der Waals surface area (Å²) in [6, 6.07) is 21.0. The molecule has 1 N–H and O–H groups in total. The number of fused-ring (bicyclic) bond motifs is 1. The monoisotopic (exact) mass is 445 g/mol. The minimum absolute atomic E-state index is 0.145. The molecule has 7 nitrogen and oxygen atoms in total. The number of imidazole rings is 1. The molecule has 0 aliphatic carbocycles. The van der Waals surface area contributed by atoms with Gasteiger partial charge >= 0.3 is 0 Å². The average molecular weight is 446 g/mol. The highest BCUT2D eigenvalue weighted by molar-refractivity contribution is 5.97. The number of methoxy groups -OCH3 is 2. The number of benzene rings is 3. The molecule has 33 heavy (non-hydrogen) atoms. The van der Waals surface area contributed by atoms with Crippen molar-refractivity contribution in [3.63, 3.8) is 0 Å². The van der Waals surface area contributed by atoms with Crippen LogP contribution in [0.25, 0.3) is 16.7 Å². The molecule has 7 heteroatoms. The van der Waals surface area contributed by atoms with E-state index < -0.39 is 0 Å². The molecule has 0 fully saturated rings. The van der Waals surface area contributed by atoms with E-state index in [0.29, 0.717) is 23.6 Å². The Morgan fingerprint density at radius 1 is 1.03 bits per heavy atom. The van der Waals surface area contributed by atoms with Crippen molar-refractivity contribution in [2.45, 2.75) is 13.5 Å². The summed E-state index contributed by atoms with van der Waals surface area (Å²) in [6.45, 7) is 2.29. The molecule has 0 radical (unpaired) electrons. The van der Waals surface area contributed by atoms with Crippen LogP contribution in [0, 0.1) is 6.92 Å². The highest BCUT2D eigenvalue weighted by Gasteiger charge is 2.20. The van der Waals surface area contributed by atoms with E-state index in [2.05, 4.69) is 9.55 Å². The van der Waals surface area contributed by atoms with Crippen LogP contribution in [0.3, 0.4) is 0 Å². The van der Waals surface area contributed by atoms with Crippen LogP contribution in [-0.4, -0.2) is 52.8 Å². The third kappa shape index (κ3) is 4.54. The van der Waals surface area contributed by atoms with Crippen molar-refractivity contribution >= 4 is 16.9 Å². The summed E-state index contributed by atoms with van der Waals surface area (Å²) >= 11 is 0. The van der Waals surface area contributed by atoms with Crippen molar-refractivity contribution in [3.8, 4) is 17.2 Å². The van der Waals surface area contributed by atoms with Crippen LogP contribution in [0.5, 0.6) is 11.5 Å².